The summed E-state index contributed by atoms with van der Waals surface area (Å²) >= 11 is 0. The van der Waals surface area contributed by atoms with Crippen LogP contribution in [0.5, 0.6) is 5.75 Å². The zero-order chi connectivity index (χ0) is 23.0. The summed E-state index contributed by atoms with van der Waals surface area (Å²) in [6.45, 7) is 0. The fourth-order valence-corrected chi connectivity index (χ4v) is 3.19. The normalized spacial score (nSPS) is 10.7. The third-order valence-corrected chi connectivity index (χ3v) is 4.85. The van der Waals surface area contributed by atoms with E-state index in [0.717, 1.165) is 5.56 Å². The van der Waals surface area contributed by atoms with Gasteiger partial charge in [-0.15, -0.1) is 0 Å². The number of carbonyl (C=O) groups is 2. The van der Waals surface area contributed by atoms with Crippen LogP contribution in [-0.2, 0) is 0 Å². The Bertz CT molecular complexity index is 1210. The lowest BCUT2D eigenvalue weighted by atomic mass is 10.1. The van der Waals surface area contributed by atoms with Gasteiger partial charge in [0.05, 0.1) is 11.4 Å². The van der Waals surface area contributed by atoms with E-state index < -0.39 is 6.09 Å². The molecule has 33 heavy (non-hydrogen) atoms. The van der Waals surface area contributed by atoms with Crippen LogP contribution in [-0.4, -0.2) is 11.9 Å². The van der Waals surface area contributed by atoms with Gasteiger partial charge in [0, 0.05) is 5.56 Å². The summed E-state index contributed by atoms with van der Waals surface area (Å²) in [6.07, 6.45) is 2.47. The van der Waals surface area contributed by atoms with E-state index in [4.69, 9.17) is 4.74 Å². The van der Waals surface area contributed by atoms with Gasteiger partial charge in [-0.25, -0.2) is 14.1 Å². The predicted octanol–water partition coefficient (Wildman–Crippen LogP) is 7.06. The Morgan fingerprint density at radius 1 is 0.697 bits per heavy atom. The quantitative estimate of drug-likeness (QED) is 0.240. The standard InChI is InChI=1S/C28H20FNO3/c29-23-16-11-21(12-17-23)13-20-27(31)22-14-18-26(19-15-22)33-28(32)30(24-7-3-1-4-8-24)25-9-5-2-6-10-25/h1-20H/b20-13+. The molecule has 0 aromatic heterocycles. The molecule has 1 amide bonds. The number of benzene rings is 4. The van der Waals surface area contributed by atoms with Gasteiger partial charge in [-0.05, 0) is 72.3 Å². The van der Waals surface area contributed by atoms with E-state index in [2.05, 4.69) is 0 Å². The molecular weight excluding hydrogens is 417 g/mol. The Morgan fingerprint density at radius 2 is 1.24 bits per heavy atom. The Morgan fingerprint density at radius 3 is 1.79 bits per heavy atom. The van der Waals surface area contributed by atoms with Crippen molar-refractivity contribution in [1.29, 1.82) is 0 Å². The van der Waals surface area contributed by atoms with Crippen LogP contribution in [0.3, 0.4) is 0 Å². The molecule has 0 fully saturated rings. The lowest BCUT2D eigenvalue weighted by Crippen LogP contribution is -2.29. The van der Waals surface area contributed by atoms with E-state index in [1.165, 1.54) is 23.1 Å². The highest BCUT2D eigenvalue weighted by molar-refractivity contribution is 6.07. The minimum Gasteiger partial charge on any atom is -0.410 e. The minimum atomic E-state index is -0.567. The summed E-state index contributed by atoms with van der Waals surface area (Å²) in [6, 6.07) is 30.6. The molecule has 0 radical (unpaired) electrons. The first-order chi connectivity index (χ1) is 16.1. The smallest absolute Gasteiger partial charge is 0.410 e. The van der Waals surface area contributed by atoms with Crippen LogP contribution in [0, 0.1) is 5.82 Å². The van der Waals surface area contributed by atoms with E-state index in [-0.39, 0.29) is 11.6 Å². The molecule has 0 aliphatic heterocycles. The molecule has 0 aliphatic carbocycles. The predicted molar refractivity (Wildman–Crippen MR) is 127 cm³/mol. The monoisotopic (exact) mass is 437 g/mol. The average molecular weight is 437 g/mol. The highest BCUT2D eigenvalue weighted by Crippen LogP contribution is 2.26. The highest BCUT2D eigenvalue weighted by Gasteiger charge is 2.20. The third kappa shape index (κ3) is 5.60. The van der Waals surface area contributed by atoms with Crippen LogP contribution in [0.4, 0.5) is 20.6 Å². The first-order valence-corrected chi connectivity index (χ1v) is 10.3. The number of ketones is 1. The van der Waals surface area contributed by atoms with Crippen molar-refractivity contribution in [3.05, 3.63) is 132 Å². The first-order valence-electron chi connectivity index (χ1n) is 10.3. The third-order valence-electron chi connectivity index (χ3n) is 4.85. The van der Waals surface area contributed by atoms with E-state index >= 15 is 0 Å². The summed E-state index contributed by atoms with van der Waals surface area (Å²) in [5, 5.41) is 0. The zero-order valence-electron chi connectivity index (χ0n) is 17.6. The fourth-order valence-electron chi connectivity index (χ4n) is 3.19. The molecule has 162 valence electrons. The van der Waals surface area contributed by atoms with Crippen LogP contribution in [0.15, 0.2) is 115 Å². The Labute approximate surface area is 191 Å². The van der Waals surface area contributed by atoms with Gasteiger partial charge < -0.3 is 4.74 Å². The Kier molecular flexibility index (Phi) is 6.71. The second kappa shape index (κ2) is 10.2. The average Bonchev–Trinajstić information content (AvgIpc) is 2.85. The topological polar surface area (TPSA) is 46.6 Å². The molecule has 0 saturated carbocycles. The maximum atomic E-state index is 13.0. The van der Waals surface area contributed by atoms with Crippen molar-refractivity contribution in [3.63, 3.8) is 0 Å². The number of anilines is 2. The molecule has 0 bridgehead atoms. The molecule has 0 spiro atoms. The lowest BCUT2D eigenvalue weighted by Gasteiger charge is -2.22. The van der Waals surface area contributed by atoms with Gasteiger partial charge in [-0.1, -0.05) is 54.6 Å². The molecule has 4 nitrogen and oxygen atoms in total. The van der Waals surface area contributed by atoms with Gasteiger partial charge >= 0.3 is 6.09 Å². The molecule has 5 heteroatoms. The summed E-state index contributed by atoms with van der Waals surface area (Å²) in [5.74, 6) is -0.231. The van der Waals surface area contributed by atoms with E-state index in [1.54, 1.807) is 42.5 Å². The van der Waals surface area contributed by atoms with Gasteiger partial charge in [-0.2, -0.15) is 0 Å². The molecule has 0 unspecified atom stereocenters. The largest absolute Gasteiger partial charge is 0.424 e. The molecule has 0 saturated heterocycles. The van der Waals surface area contributed by atoms with Crippen LogP contribution in [0.25, 0.3) is 6.08 Å². The first kappa shape index (κ1) is 21.7. The van der Waals surface area contributed by atoms with E-state index in [9.17, 15) is 14.0 Å². The van der Waals surface area contributed by atoms with Crippen LogP contribution in [0.1, 0.15) is 15.9 Å². The molecule has 0 N–H and O–H groups in total. The van der Waals surface area contributed by atoms with Gasteiger partial charge in [0.15, 0.2) is 5.78 Å². The van der Waals surface area contributed by atoms with Crippen molar-refractivity contribution in [2.75, 3.05) is 4.90 Å². The van der Waals surface area contributed by atoms with Gasteiger partial charge in [0.2, 0.25) is 0 Å². The Balaban J connectivity index is 1.47. The number of hydrogen-bond donors (Lipinski definition) is 0. The number of ether oxygens (including phenoxy) is 1. The number of para-hydroxylation sites is 2. The van der Waals surface area contributed by atoms with Crippen molar-refractivity contribution in [3.8, 4) is 5.75 Å². The summed E-state index contributed by atoms with van der Waals surface area (Å²) in [5.41, 5.74) is 2.51. The van der Waals surface area contributed by atoms with Gasteiger partial charge in [0.25, 0.3) is 0 Å². The SMILES string of the molecule is O=C(/C=C/c1ccc(F)cc1)c1ccc(OC(=O)N(c2ccccc2)c2ccccc2)cc1. The Hall–Kier alpha value is -4.51. The second-order valence-electron chi connectivity index (χ2n) is 7.15. The van der Waals surface area contributed by atoms with Crippen molar-refractivity contribution < 1.29 is 18.7 Å². The van der Waals surface area contributed by atoms with Gasteiger partial charge in [0.1, 0.15) is 11.6 Å². The maximum absolute atomic E-state index is 13.0. The van der Waals surface area contributed by atoms with Crippen molar-refractivity contribution in [1.82, 2.24) is 0 Å². The number of halogens is 1. The zero-order valence-corrected chi connectivity index (χ0v) is 17.6. The van der Waals surface area contributed by atoms with Crippen molar-refractivity contribution in [2.45, 2.75) is 0 Å². The fraction of sp³-hybridized carbons (Fsp3) is 0. The molecule has 0 atom stereocenters. The molecule has 4 rings (SSSR count). The number of amides is 1. The number of carbonyl (C=O) groups excluding carboxylic acids is 2. The molecule has 4 aromatic carbocycles. The van der Waals surface area contributed by atoms with E-state index in [1.807, 2.05) is 60.7 Å². The highest BCUT2D eigenvalue weighted by atomic mass is 19.1. The van der Waals surface area contributed by atoms with Crippen molar-refractivity contribution in [2.24, 2.45) is 0 Å². The molecule has 0 heterocycles. The second-order valence-corrected chi connectivity index (χ2v) is 7.15. The molecular formula is C28H20FNO3. The van der Waals surface area contributed by atoms with Gasteiger partial charge in [-0.3, -0.25) is 4.79 Å². The summed E-state index contributed by atoms with van der Waals surface area (Å²) < 4.78 is 18.6. The summed E-state index contributed by atoms with van der Waals surface area (Å²) in [4.78, 5) is 26.9. The van der Waals surface area contributed by atoms with Crippen molar-refractivity contribution >= 4 is 29.3 Å². The molecule has 0 aliphatic rings. The lowest BCUT2D eigenvalue weighted by molar-refractivity contribution is 0.104. The number of allylic oxidation sites excluding steroid dienone is 1. The maximum Gasteiger partial charge on any atom is 0.424 e. The number of nitrogens with zero attached hydrogens (tertiary/aromatic N) is 1. The summed E-state index contributed by atoms with van der Waals surface area (Å²) in [7, 11) is 0. The van der Waals surface area contributed by atoms with E-state index in [0.29, 0.717) is 22.7 Å². The number of rotatable bonds is 6. The molecule has 4 aromatic rings. The number of hydrogen-bond acceptors (Lipinski definition) is 3. The minimum absolute atomic E-state index is 0.215. The van der Waals surface area contributed by atoms with Crippen LogP contribution in [0.2, 0.25) is 0 Å². The van der Waals surface area contributed by atoms with Crippen LogP contribution >= 0.6 is 0 Å². The van der Waals surface area contributed by atoms with Crippen LogP contribution < -0.4 is 9.64 Å².